The van der Waals surface area contributed by atoms with Crippen molar-refractivity contribution in [2.75, 3.05) is 5.75 Å². The van der Waals surface area contributed by atoms with Crippen molar-refractivity contribution in [3.8, 4) is 0 Å². The summed E-state index contributed by atoms with van der Waals surface area (Å²) in [5.74, 6) is -1.93. The van der Waals surface area contributed by atoms with Crippen LogP contribution in [0, 0.1) is 11.6 Å². The van der Waals surface area contributed by atoms with Crippen molar-refractivity contribution < 1.29 is 37.6 Å². The Hall–Kier alpha value is -0.256. The fraction of sp³-hybridized carbons (Fsp3) is 0.250. The summed E-state index contributed by atoms with van der Waals surface area (Å²) in [6.45, 7) is 1.41. The quantitative estimate of drug-likeness (QED) is 0.580. The van der Waals surface area contributed by atoms with Crippen molar-refractivity contribution in [3.63, 3.8) is 0 Å². The van der Waals surface area contributed by atoms with Gasteiger partial charge in [0, 0.05) is 0 Å². The summed E-state index contributed by atoms with van der Waals surface area (Å²) in [7, 11) is -3.61. The number of hydrogen-bond acceptors (Lipinski definition) is 2. The van der Waals surface area contributed by atoms with Crippen LogP contribution < -0.4 is 3.87 Å². The molecule has 0 saturated heterocycles. The van der Waals surface area contributed by atoms with Crippen LogP contribution in [0.5, 0.6) is 0 Å². The molecule has 0 unspecified atom stereocenters. The third-order valence-corrected chi connectivity index (χ3v) is 4.23. The molecule has 0 aliphatic carbocycles. The number of hydrogen-bond donors (Lipinski definition) is 0. The van der Waals surface area contributed by atoms with E-state index < -0.39 is 26.4 Å². The van der Waals surface area contributed by atoms with Crippen molar-refractivity contribution in [1.82, 2.24) is 0 Å². The van der Waals surface area contributed by atoms with Crippen molar-refractivity contribution in [1.29, 1.82) is 0 Å². The first-order chi connectivity index (χ1) is 6.40. The number of rotatable bonds is 2. The zero-order chi connectivity index (χ0) is 10.9. The molecule has 0 aromatic heterocycles. The number of sulfone groups is 1. The monoisotopic (exact) mass is 253 g/mol. The molecule has 0 aliphatic rings. The van der Waals surface area contributed by atoms with E-state index in [0.29, 0.717) is 0 Å². The third kappa shape index (κ3) is 2.05. The van der Waals surface area contributed by atoms with E-state index in [9.17, 15) is 17.2 Å². The van der Waals surface area contributed by atoms with Crippen LogP contribution in [0.3, 0.4) is 0 Å². The molecule has 1 aromatic rings. The Morgan fingerprint density at radius 1 is 1.36 bits per heavy atom. The molecule has 0 heterocycles. The van der Waals surface area contributed by atoms with Gasteiger partial charge in [0.1, 0.15) is 0 Å². The summed E-state index contributed by atoms with van der Waals surface area (Å²) in [6, 6.07) is 1.91. The maximum absolute atomic E-state index is 13.3. The second-order valence-electron chi connectivity index (χ2n) is 2.64. The Morgan fingerprint density at radius 2 is 1.93 bits per heavy atom. The molecule has 1 aromatic carbocycles. The summed E-state index contributed by atoms with van der Waals surface area (Å²) in [6.07, 6.45) is 0. The van der Waals surface area contributed by atoms with E-state index in [0.717, 1.165) is 12.1 Å². The third-order valence-electron chi connectivity index (χ3n) is 1.77. The van der Waals surface area contributed by atoms with Gasteiger partial charge >= 0.3 is 92.7 Å². The van der Waals surface area contributed by atoms with Crippen LogP contribution in [0.2, 0.25) is 0 Å². The van der Waals surface area contributed by atoms with E-state index in [1.807, 2.05) is 0 Å². The van der Waals surface area contributed by atoms with Crippen LogP contribution in [0.1, 0.15) is 6.92 Å². The maximum atomic E-state index is 13.3. The zero-order valence-corrected chi connectivity index (χ0v) is 9.72. The molecular weight excluding hydrogens is 246 g/mol. The summed E-state index contributed by atoms with van der Waals surface area (Å²) >= 11 is 1.21. The Kier molecular flexibility index (Phi) is 3.45. The first-order valence-corrected chi connectivity index (χ1v) is 6.25. The standard InChI is InChI=1S/C8H7F2O2S.Ti/c1-2-13(11,12)8-4-3-6(9)5-7(8)10;/h3-4H,2H2,1H3;. The average molecular weight is 253 g/mol. The molecular formula is C8H7F2O2STi. The topological polar surface area (TPSA) is 34.1 Å². The number of halogens is 2. The van der Waals surface area contributed by atoms with E-state index in [-0.39, 0.29) is 9.62 Å². The van der Waals surface area contributed by atoms with Crippen LogP contribution in [-0.2, 0) is 30.3 Å². The number of benzene rings is 1. The van der Waals surface area contributed by atoms with Gasteiger partial charge < -0.3 is 0 Å². The minimum atomic E-state index is -3.61. The van der Waals surface area contributed by atoms with E-state index in [4.69, 9.17) is 0 Å². The zero-order valence-electron chi connectivity index (χ0n) is 7.34. The van der Waals surface area contributed by atoms with Crippen LogP contribution in [-0.4, -0.2) is 14.2 Å². The van der Waals surface area contributed by atoms with Gasteiger partial charge in [-0.15, -0.1) is 0 Å². The SMILES string of the molecule is CCS(=O)(=O)c1ccc(F)[c]([Ti])c1F. The van der Waals surface area contributed by atoms with Crippen molar-refractivity contribution >= 4 is 13.7 Å². The molecule has 1 rings (SSSR count). The minimum absolute atomic E-state index is 0.199. The Morgan fingerprint density at radius 3 is 2.43 bits per heavy atom. The molecule has 2 nitrogen and oxygen atoms in total. The predicted octanol–water partition coefficient (Wildman–Crippen LogP) is 0.931. The molecule has 0 spiro atoms. The van der Waals surface area contributed by atoms with E-state index in [2.05, 4.69) is 0 Å². The van der Waals surface area contributed by atoms with E-state index >= 15 is 0 Å². The average Bonchev–Trinajstić information content (AvgIpc) is 2.14. The second kappa shape index (κ2) is 4.08. The fourth-order valence-electron chi connectivity index (χ4n) is 0.929. The molecule has 0 aliphatic heterocycles. The van der Waals surface area contributed by atoms with Gasteiger partial charge in [0.05, 0.1) is 0 Å². The first-order valence-electron chi connectivity index (χ1n) is 3.82. The Balaban J connectivity index is 3.47. The van der Waals surface area contributed by atoms with E-state index in [1.165, 1.54) is 27.4 Å². The van der Waals surface area contributed by atoms with Crippen molar-refractivity contribution in [3.05, 3.63) is 23.8 Å². The molecule has 0 fully saturated rings. The molecule has 6 heteroatoms. The summed E-state index contributed by atoms with van der Waals surface area (Å²) in [4.78, 5) is -0.432. The van der Waals surface area contributed by atoms with Gasteiger partial charge in [-0.2, -0.15) is 0 Å². The van der Waals surface area contributed by atoms with Gasteiger partial charge in [0.25, 0.3) is 0 Å². The fourth-order valence-corrected chi connectivity index (χ4v) is 2.37. The summed E-state index contributed by atoms with van der Waals surface area (Å²) in [5, 5.41) is 0. The van der Waals surface area contributed by atoms with Crippen LogP contribution in [0.15, 0.2) is 17.0 Å². The van der Waals surface area contributed by atoms with Crippen molar-refractivity contribution in [2.45, 2.75) is 11.8 Å². The van der Waals surface area contributed by atoms with Gasteiger partial charge in [0.15, 0.2) is 0 Å². The molecule has 0 radical (unpaired) electrons. The molecule has 0 amide bonds. The van der Waals surface area contributed by atoms with Gasteiger partial charge in [0.2, 0.25) is 0 Å². The van der Waals surface area contributed by atoms with Gasteiger partial charge in [-0.1, -0.05) is 0 Å². The first kappa shape index (κ1) is 11.8. The molecule has 14 heavy (non-hydrogen) atoms. The molecule has 75 valence electrons. The predicted molar refractivity (Wildman–Crippen MR) is 43.7 cm³/mol. The van der Waals surface area contributed by atoms with Crippen molar-refractivity contribution in [2.24, 2.45) is 0 Å². The molecule has 0 atom stereocenters. The second-order valence-corrected chi connectivity index (χ2v) is 5.67. The molecule has 0 N–H and O–H groups in total. The van der Waals surface area contributed by atoms with Gasteiger partial charge in [-0.3, -0.25) is 0 Å². The normalized spacial score (nSPS) is 11.6. The van der Waals surface area contributed by atoms with Crippen LogP contribution >= 0.6 is 0 Å². The van der Waals surface area contributed by atoms with Crippen LogP contribution in [0.4, 0.5) is 8.78 Å². The van der Waals surface area contributed by atoms with Gasteiger partial charge in [-0.25, -0.2) is 0 Å². The summed E-state index contributed by atoms with van der Waals surface area (Å²) in [5.41, 5.74) is 0. The molecule has 0 saturated carbocycles. The van der Waals surface area contributed by atoms with Gasteiger partial charge in [-0.05, 0) is 0 Å². The van der Waals surface area contributed by atoms with E-state index in [1.54, 1.807) is 0 Å². The Labute approximate surface area is 92.6 Å². The molecule has 0 bridgehead atoms. The summed E-state index contributed by atoms with van der Waals surface area (Å²) < 4.78 is 48.5. The van der Waals surface area contributed by atoms with Crippen LogP contribution in [0.25, 0.3) is 0 Å². The Bertz CT molecular complexity index is 457.